The van der Waals surface area contributed by atoms with Gasteiger partial charge in [0.15, 0.2) is 0 Å². The molecule has 0 saturated heterocycles. The maximum atomic E-state index is 9.65. The Kier molecular flexibility index (Phi) is 4.82. The molecule has 0 aromatic rings. The Balaban J connectivity index is 2.87. The Morgan fingerprint density at radius 1 is 1.62 bits per heavy atom. The molecule has 4 heteroatoms. The van der Waals surface area contributed by atoms with E-state index in [0.29, 0.717) is 24.3 Å². The van der Waals surface area contributed by atoms with Crippen molar-refractivity contribution < 1.29 is 9.84 Å². The summed E-state index contributed by atoms with van der Waals surface area (Å²) in [6.45, 7) is 0.839. The van der Waals surface area contributed by atoms with Crippen LogP contribution in [0.2, 0.25) is 0 Å². The molecule has 0 aliphatic heterocycles. The van der Waals surface area contributed by atoms with Crippen LogP contribution in [0.4, 0.5) is 0 Å². The van der Waals surface area contributed by atoms with E-state index in [4.69, 9.17) is 16.2 Å². The van der Waals surface area contributed by atoms with Crippen molar-refractivity contribution in [3.63, 3.8) is 0 Å². The minimum atomic E-state index is 0.242. The first-order chi connectivity index (χ1) is 7.67. The highest BCUT2D eigenvalue weighted by atomic mass is 16.5. The number of hydrogen-bond donors (Lipinski definition) is 3. The number of hydrogen-bond acceptors (Lipinski definition) is 4. The molecule has 0 fully saturated rings. The van der Waals surface area contributed by atoms with Crippen LogP contribution in [-0.2, 0) is 4.74 Å². The fourth-order valence-corrected chi connectivity index (χ4v) is 1.37. The predicted molar refractivity (Wildman–Crippen MR) is 64.7 cm³/mol. The first-order valence-corrected chi connectivity index (χ1v) is 5.12. The van der Waals surface area contributed by atoms with E-state index in [1.807, 2.05) is 12.2 Å². The van der Waals surface area contributed by atoms with Gasteiger partial charge in [-0.3, -0.25) is 0 Å². The van der Waals surface area contributed by atoms with Crippen LogP contribution in [0, 0.1) is 0 Å². The van der Waals surface area contributed by atoms with E-state index in [9.17, 15) is 5.11 Å². The maximum absolute atomic E-state index is 9.65. The zero-order chi connectivity index (χ0) is 12.0. The number of aliphatic hydroxyl groups excluding tert-OH is 1. The lowest BCUT2D eigenvalue weighted by molar-refractivity contribution is 0.233. The van der Waals surface area contributed by atoms with Crippen molar-refractivity contribution in [1.82, 2.24) is 0 Å². The van der Waals surface area contributed by atoms with Gasteiger partial charge in [0, 0.05) is 24.9 Å². The Labute approximate surface area is 95.6 Å². The summed E-state index contributed by atoms with van der Waals surface area (Å²) in [6, 6.07) is 0. The fraction of sp³-hybridized carbons (Fsp3) is 0.333. The highest BCUT2D eigenvalue weighted by Crippen LogP contribution is 2.22. The van der Waals surface area contributed by atoms with E-state index in [1.165, 1.54) is 0 Å². The second-order valence-electron chi connectivity index (χ2n) is 3.55. The summed E-state index contributed by atoms with van der Waals surface area (Å²) in [5, 5.41) is 9.65. The lowest BCUT2D eigenvalue weighted by atomic mass is 9.99. The molecule has 0 unspecified atom stereocenters. The van der Waals surface area contributed by atoms with E-state index >= 15 is 0 Å². The lowest BCUT2D eigenvalue weighted by Gasteiger charge is -2.11. The van der Waals surface area contributed by atoms with Crippen molar-refractivity contribution in [1.29, 1.82) is 0 Å². The van der Waals surface area contributed by atoms with Crippen molar-refractivity contribution >= 4 is 0 Å². The zero-order valence-electron chi connectivity index (χ0n) is 9.44. The van der Waals surface area contributed by atoms with Crippen LogP contribution in [0.15, 0.2) is 46.9 Å². The molecule has 4 nitrogen and oxygen atoms in total. The number of nitrogens with two attached hydrogens (primary N) is 2. The number of methoxy groups -OCH3 is 1. The molecule has 0 spiro atoms. The molecule has 0 aromatic carbocycles. The Hall–Kier alpha value is -1.52. The van der Waals surface area contributed by atoms with Crippen LogP contribution in [0.3, 0.4) is 0 Å². The van der Waals surface area contributed by atoms with E-state index in [2.05, 4.69) is 0 Å². The van der Waals surface area contributed by atoms with Crippen LogP contribution in [-0.4, -0.2) is 25.4 Å². The molecule has 0 aromatic heterocycles. The minimum absolute atomic E-state index is 0.242. The van der Waals surface area contributed by atoms with Gasteiger partial charge in [-0.2, -0.15) is 0 Å². The average molecular weight is 222 g/mol. The van der Waals surface area contributed by atoms with E-state index in [-0.39, 0.29) is 12.3 Å². The van der Waals surface area contributed by atoms with E-state index < -0.39 is 0 Å². The first-order valence-electron chi connectivity index (χ1n) is 5.12. The third kappa shape index (κ3) is 3.56. The molecule has 5 N–H and O–H groups in total. The molecule has 0 amide bonds. The van der Waals surface area contributed by atoms with Gasteiger partial charge in [0.05, 0.1) is 6.61 Å². The average Bonchev–Trinajstić information content (AvgIpc) is 2.30. The van der Waals surface area contributed by atoms with Gasteiger partial charge in [0.2, 0.25) is 0 Å². The topological polar surface area (TPSA) is 81.5 Å². The van der Waals surface area contributed by atoms with Gasteiger partial charge < -0.3 is 21.3 Å². The summed E-state index contributed by atoms with van der Waals surface area (Å²) in [5.74, 6) is 0.242. The molecule has 0 heterocycles. The van der Waals surface area contributed by atoms with Crippen molar-refractivity contribution in [3.8, 4) is 0 Å². The van der Waals surface area contributed by atoms with Crippen molar-refractivity contribution in [2.45, 2.75) is 6.42 Å². The third-order valence-electron chi connectivity index (χ3n) is 2.26. The van der Waals surface area contributed by atoms with Crippen LogP contribution < -0.4 is 11.5 Å². The number of ether oxygens (including phenoxy) is 1. The molecule has 1 aliphatic rings. The first kappa shape index (κ1) is 12.5. The maximum Gasteiger partial charge on any atom is 0.119 e. The smallest absolute Gasteiger partial charge is 0.119 e. The molecule has 88 valence electrons. The fourth-order valence-electron chi connectivity index (χ4n) is 1.37. The molecular weight excluding hydrogens is 204 g/mol. The lowest BCUT2D eigenvalue weighted by Crippen LogP contribution is -2.11. The number of aliphatic hydroxyl groups is 1. The Bertz CT molecular complexity index is 365. The molecule has 0 bridgehead atoms. The summed E-state index contributed by atoms with van der Waals surface area (Å²) in [7, 11) is 1.64. The Morgan fingerprint density at radius 3 is 3.00 bits per heavy atom. The second kappa shape index (κ2) is 6.15. The van der Waals surface area contributed by atoms with Crippen LogP contribution in [0.5, 0.6) is 0 Å². The summed E-state index contributed by atoms with van der Waals surface area (Å²) in [5.41, 5.74) is 13.3. The van der Waals surface area contributed by atoms with Crippen molar-refractivity contribution in [3.05, 3.63) is 46.9 Å². The molecule has 1 rings (SSSR count). The largest absolute Gasteiger partial charge is 0.508 e. The summed E-state index contributed by atoms with van der Waals surface area (Å²) in [6.07, 6.45) is 7.99. The summed E-state index contributed by atoms with van der Waals surface area (Å²) in [4.78, 5) is 0. The van der Waals surface area contributed by atoms with E-state index in [0.717, 1.165) is 5.57 Å². The van der Waals surface area contributed by atoms with Crippen LogP contribution in [0.1, 0.15) is 6.42 Å². The van der Waals surface area contributed by atoms with Gasteiger partial charge >= 0.3 is 0 Å². The van der Waals surface area contributed by atoms with Gasteiger partial charge in [0.1, 0.15) is 5.76 Å². The predicted octanol–water partition coefficient (Wildman–Crippen LogP) is 1.13. The zero-order valence-corrected chi connectivity index (χ0v) is 9.44. The van der Waals surface area contributed by atoms with Gasteiger partial charge in [-0.15, -0.1) is 0 Å². The quantitative estimate of drug-likeness (QED) is 0.666. The van der Waals surface area contributed by atoms with Gasteiger partial charge in [-0.1, -0.05) is 6.08 Å². The normalized spacial score (nSPS) is 19.6. The molecule has 0 saturated carbocycles. The van der Waals surface area contributed by atoms with Crippen molar-refractivity contribution in [2.75, 3.05) is 20.3 Å². The second-order valence-corrected chi connectivity index (χ2v) is 3.55. The highest BCUT2D eigenvalue weighted by Gasteiger charge is 2.08. The molecule has 1 aliphatic carbocycles. The molecule has 16 heavy (non-hydrogen) atoms. The minimum Gasteiger partial charge on any atom is -0.508 e. The molecule has 0 atom stereocenters. The van der Waals surface area contributed by atoms with Gasteiger partial charge in [-0.25, -0.2) is 0 Å². The van der Waals surface area contributed by atoms with Crippen LogP contribution in [0.25, 0.3) is 0 Å². The molecule has 0 radical (unpaired) electrons. The van der Waals surface area contributed by atoms with Gasteiger partial charge in [-0.05, 0) is 30.2 Å². The highest BCUT2D eigenvalue weighted by molar-refractivity contribution is 5.46. The Morgan fingerprint density at radius 2 is 2.38 bits per heavy atom. The summed E-state index contributed by atoms with van der Waals surface area (Å²) < 4.78 is 4.96. The standard InChI is InChI=1S/C12H18N2O2/c1-16-5-4-9-2-3-12(15)10(6-9)7-11(14)8-13/h3-4,6-7,15H,2,5,8,13-14H2,1H3. The third-order valence-corrected chi connectivity index (χ3v) is 2.26. The van der Waals surface area contributed by atoms with E-state index in [1.54, 1.807) is 19.3 Å². The number of rotatable bonds is 4. The van der Waals surface area contributed by atoms with Crippen LogP contribution >= 0.6 is 0 Å². The monoisotopic (exact) mass is 222 g/mol. The molecular formula is C12H18N2O2. The summed E-state index contributed by atoms with van der Waals surface area (Å²) >= 11 is 0. The van der Waals surface area contributed by atoms with Gasteiger partial charge in [0.25, 0.3) is 0 Å². The SMILES string of the molecule is COCC=C1C=C(C=C(N)CN)C(O)=CC1. The number of allylic oxidation sites excluding steroid dienone is 4. The van der Waals surface area contributed by atoms with Crippen molar-refractivity contribution in [2.24, 2.45) is 11.5 Å².